The van der Waals surface area contributed by atoms with Gasteiger partial charge in [-0.05, 0) is 24.3 Å². The molecule has 0 fully saturated rings. The Morgan fingerprint density at radius 1 is 1.10 bits per heavy atom. The van der Waals surface area contributed by atoms with E-state index in [9.17, 15) is 8.78 Å². The molecule has 0 aliphatic heterocycles. The van der Waals surface area contributed by atoms with Gasteiger partial charge in [-0.15, -0.1) is 0 Å². The van der Waals surface area contributed by atoms with Crippen molar-refractivity contribution in [3.63, 3.8) is 0 Å². The first-order valence-electron chi connectivity index (χ1n) is 5.50. The molecule has 3 N–H and O–H groups in total. The van der Waals surface area contributed by atoms with Crippen molar-refractivity contribution in [1.82, 2.24) is 5.43 Å². The van der Waals surface area contributed by atoms with E-state index in [1.165, 1.54) is 0 Å². The van der Waals surface area contributed by atoms with Crippen LogP contribution in [0.1, 0.15) is 17.2 Å². The first-order chi connectivity index (χ1) is 9.45. The third-order valence-corrected chi connectivity index (χ3v) is 4.12. The van der Waals surface area contributed by atoms with Crippen LogP contribution in [0.3, 0.4) is 0 Å². The lowest BCUT2D eigenvalue weighted by Gasteiger charge is -2.20. The van der Waals surface area contributed by atoms with E-state index in [0.717, 1.165) is 12.1 Å². The number of hydrogen-bond donors (Lipinski definition) is 2. The molecule has 0 aliphatic rings. The molecule has 7 heteroatoms. The molecule has 2 aromatic carbocycles. The maximum atomic E-state index is 14.0. The third kappa shape index (κ3) is 2.97. The van der Waals surface area contributed by atoms with Crippen molar-refractivity contribution in [3.05, 3.63) is 67.6 Å². The van der Waals surface area contributed by atoms with Gasteiger partial charge in [-0.3, -0.25) is 5.84 Å². The SMILES string of the molecule is NNC(c1cc(F)c(Cl)cc1F)c1c(Cl)cccc1Br. The van der Waals surface area contributed by atoms with Crippen LogP contribution in [-0.2, 0) is 0 Å². The smallest absolute Gasteiger partial charge is 0.142 e. The fraction of sp³-hybridized carbons (Fsp3) is 0.0769. The average molecular weight is 382 g/mol. The minimum absolute atomic E-state index is 0.0169. The Kier molecular flexibility index (Phi) is 4.99. The zero-order chi connectivity index (χ0) is 14.9. The number of nitrogens with one attached hydrogen (secondary N) is 1. The Bertz CT molecular complexity index is 632. The Morgan fingerprint density at radius 3 is 2.40 bits per heavy atom. The predicted molar refractivity (Wildman–Crippen MR) is 79.7 cm³/mol. The van der Waals surface area contributed by atoms with Gasteiger partial charge in [0.05, 0.1) is 11.1 Å². The lowest BCUT2D eigenvalue weighted by atomic mass is 9.98. The predicted octanol–water partition coefficient (Wildman–Crippen LogP) is 4.59. The van der Waals surface area contributed by atoms with E-state index in [1.54, 1.807) is 18.2 Å². The van der Waals surface area contributed by atoms with Gasteiger partial charge in [-0.25, -0.2) is 14.2 Å². The molecule has 0 amide bonds. The maximum absolute atomic E-state index is 14.0. The minimum atomic E-state index is -0.815. The number of hydrazine groups is 1. The molecule has 106 valence electrons. The quantitative estimate of drug-likeness (QED) is 0.463. The highest BCUT2D eigenvalue weighted by atomic mass is 79.9. The normalized spacial score (nSPS) is 12.5. The van der Waals surface area contributed by atoms with E-state index in [4.69, 9.17) is 29.0 Å². The summed E-state index contributed by atoms with van der Waals surface area (Å²) in [7, 11) is 0. The van der Waals surface area contributed by atoms with Gasteiger partial charge in [0.2, 0.25) is 0 Å². The summed E-state index contributed by atoms with van der Waals surface area (Å²) in [5, 5.41) is 0.0809. The summed E-state index contributed by atoms with van der Waals surface area (Å²) in [5.41, 5.74) is 2.97. The number of hydrogen-bond acceptors (Lipinski definition) is 2. The molecule has 2 rings (SSSR count). The molecule has 2 aromatic rings. The summed E-state index contributed by atoms with van der Waals surface area (Å²) >= 11 is 15.0. The van der Waals surface area contributed by atoms with Crippen molar-refractivity contribution >= 4 is 39.1 Å². The third-order valence-electron chi connectivity index (χ3n) is 2.81. The molecule has 0 bridgehead atoms. The van der Waals surface area contributed by atoms with Gasteiger partial charge in [0.25, 0.3) is 0 Å². The number of benzene rings is 2. The Balaban J connectivity index is 2.62. The molecule has 1 unspecified atom stereocenters. The monoisotopic (exact) mass is 380 g/mol. The first kappa shape index (κ1) is 15.7. The standard InChI is InChI=1S/C13H9BrCl2F2N2/c14-7-2-1-3-8(15)12(7)13(20-19)6-4-11(18)9(16)5-10(6)17/h1-5,13,20H,19H2. The second-order valence-electron chi connectivity index (χ2n) is 4.02. The van der Waals surface area contributed by atoms with E-state index in [0.29, 0.717) is 15.1 Å². The van der Waals surface area contributed by atoms with Crippen molar-refractivity contribution in [1.29, 1.82) is 0 Å². The Hall–Kier alpha value is -0.720. The van der Waals surface area contributed by atoms with E-state index < -0.39 is 17.7 Å². The second-order valence-corrected chi connectivity index (χ2v) is 5.69. The van der Waals surface area contributed by atoms with Crippen LogP contribution in [0.25, 0.3) is 0 Å². The summed E-state index contributed by atoms with van der Waals surface area (Å²) < 4.78 is 28.2. The Labute approximate surface area is 133 Å². The summed E-state index contributed by atoms with van der Waals surface area (Å²) in [6.07, 6.45) is 0. The van der Waals surface area contributed by atoms with Gasteiger partial charge in [-0.1, -0.05) is 45.2 Å². The molecule has 0 radical (unpaired) electrons. The maximum Gasteiger partial charge on any atom is 0.142 e. The molecule has 1 atom stereocenters. The highest BCUT2D eigenvalue weighted by molar-refractivity contribution is 9.10. The first-order valence-corrected chi connectivity index (χ1v) is 7.05. The molecular weight excluding hydrogens is 373 g/mol. The molecule has 0 aromatic heterocycles. The number of halogens is 5. The Morgan fingerprint density at radius 2 is 1.80 bits per heavy atom. The molecule has 2 nitrogen and oxygen atoms in total. The van der Waals surface area contributed by atoms with Gasteiger partial charge in [0.1, 0.15) is 11.6 Å². The minimum Gasteiger partial charge on any atom is -0.271 e. The molecule has 0 heterocycles. The van der Waals surface area contributed by atoms with Crippen LogP contribution in [-0.4, -0.2) is 0 Å². The van der Waals surface area contributed by atoms with E-state index in [-0.39, 0.29) is 10.6 Å². The van der Waals surface area contributed by atoms with Crippen LogP contribution in [0.2, 0.25) is 10.0 Å². The van der Waals surface area contributed by atoms with Gasteiger partial charge in [0, 0.05) is 20.6 Å². The van der Waals surface area contributed by atoms with Crippen molar-refractivity contribution < 1.29 is 8.78 Å². The molecular formula is C13H9BrCl2F2N2. The lowest BCUT2D eigenvalue weighted by molar-refractivity contribution is 0.545. The second kappa shape index (κ2) is 6.37. The van der Waals surface area contributed by atoms with E-state index in [2.05, 4.69) is 21.4 Å². The van der Waals surface area contributed by atoms with Crippen LogP contribution in [0.5, 0.6) is 0 Å². The van der Waals surface area contributed by atoms with Crippen molar-refractivity contribution in [3.8, 4) is 0 Å². The van der Waals surface area contributed by atoms with Crippen LogP contribution in [0.15, 0.2) is 34.8 Å². The highest BCUT2D eigenvalue weighted by Gasteiger charge is 2.23. The molecule has 0 spiro atoms. The van der Waals surface area contributed by atoms with Gasteiger partial charge >= 0.3 is 0 Å². The zero-order valence-corrected chi connectivity index (χ0v) is 13.0. The fourth-order valence-electron chi connectivity index (χ4n) is 1.87. The summed E-state index contributed by atoms with van der Waals surface area (Å²) in [5.74, 6) is 4.08. The lowest BCUT2D eigenvalue weighted by Crippen LogP contribution is -2.30. The average Bonchev–Trinajstić information content (AvgIpc) is 2.39. The topological polar surface area (TPSA) is 38.0 Å². The van der Waals surface area contributed by atoms with Crippen molar-refractivity contribution in [2.75, 3.05) is 0 Å². The van der Waals surface area contributed by atoms with Crippen LogP contribution < -0.4 is 11.3 Å². The van der Waals surface area contributed by atoms with Crippen molar-refractivity contribution in [2.24, 2.45) is 5.84 Å². The van der Waals surface area contributed by atoms with Crippen molar-refractivity contribution in [2.45, 2.75) is 6.04 Å². The number of rotatable bonds is 3. The largest absolute Gasteiger partial charge is 0.271 e. The van der Waals surface area contributed by atoms with Gasteiger partial charge in [-0.2, -0.15) is 0 Å². The summed E-state index contributed by atoms with van der Waals surface area (Å²) in [6, 6.07) is 6.18. The summed E-state index contributed by atoms with van der Waals surface area (Å²) in [6.45, 7) is 0. The van der Waals surface area contributed by atoms with E-state index >= 15 is 0 Å². The van der Waals surface area contributed by atoms with Gasteiger partial charge < -0.3 is 0 Å². The van der Waals surface area contributed by atoms with E-state index in [1.807, 2.05) is 0 Å². The molecule has 0 aliphatic carbocycles. The fourth-order valence-corrected chi connectivity index (χ4v) is 3.02. The zero-order valence-electron chi connectivity index (χ0n) is 9.93. The van der Waals surface area contributed by atoms with Crippen LogP contribution >= 0.6 is 39.1 Å². The highest BCUT2D eigenvalue weighted by Crippen LogP contribution is 2.35. The van der Waals surface area contributed by atoms with Crippen LogP contribution in [0.4, 0.5) is 8.78 Å². The van der Waals surface area contributed by atoms with Crippen LogP contribution in [0, 0.1) is 11.6 Å². The van der Waals surface area contributed by atoms with Gasteiger partial charge in [0.15, 0.2) is 0 Å². The number of nitrogens with two attached hydrogens (primary N) is 1. The molecule has 0 saturated heterocycles. The summed E-state index contributed by atoms with van der Waals surface area (Å²) in [4.78, 5) is 0. The molecule has 0 saturated carbocycles. The molecule has 20 heavy (non-hydrogen) atoms.